The van der Waals surface area contributed by atoms with Gasteiger partial charge in [0.25, 0.3) is 0 Å². The molecule has 0 aromatic heterocycles. The number of likely N-dealkylation sites (N-methyl/N-ethyl adjacent to an activating group) is 1. The number of ether oxygens (including phenoxy) is 1. The molecule has 0 spiro atoms. The van der Waals surface area contributed by atoms with Crippen LogP contribution in [0.15, 0.2) is 0 Å². The molecule has 13 heavy (non-hydrogen) atoms. The topological polar surface area (TPSA) is 36.3 Å². The molecular formula is C10H20N2O. The highest BCUT2D eigenvalue weighted by molar-refractivity contribution is 5.87. The molecular weight excluding hydrogens is 164 g/mol. The van der Waals surface area contributed by atoms with Gasteiger partial charge in [-0.05, 0) is 32.6 Å². The van der Waals surface area contributed by atoms with Crippen molar-refractivity contribution in [1.29, 1.82) is 5.41 Å². The Balaban J connectivity index is 2.71. The van der Waals surface area contributed by atoms with E-state index >= 15 is 0 Å². The number of nitrogens with zero attached hydrogens (tertiary/aromatic N) is 1. The summed E-state index contributed by atoms with van der Waals surface area (Å²) in [5, 5.41) is 7.99. The van der Waals surface area contributed by atoms with E-state index in [2.05, 4.69) is 0 Å². The molecule has 0 aliphatic heterocycles. The molecule has 0 unspecified atom stereocenters. The zero-order valence-corrected chi connectivity index (χ0v) is 8.89. The Morgan fingerprint density at radius 3 is 2.31 bits per heavy atom. The van der Waals surface area contributed by atoms with Crippen molar-refractivity contribution in [2.45, 2.75) is 38.2 Å². The van der Waals surface area contributed by atoms with E-state index in [0.29, 0.717) is 12.4 Å². The van der Waals surface area contributed by atoms with Gasteiger partial charge in [-0.15, -0.1) is 0 Å². The Labute approximate surface area is 80.6 Å². The standard InChI is InChI=1S/C10H20N2O/c1-4-13-10(7-5-6-8-10)9(11)12(2)3/h11H,4-8H2,1-3H3. The quantitative estimate of drug-likeness (QED) is 0.537. The fourth-order valence-electron chi connectivity index (χ4n) is 2.08. The Kier molecular flexibility index (Phi) is 3.31. The molecule has 0 heterocycles. The van der Waals surface area contributed by atoms with Gasteiger partial charge in [0, 0.05) is 20.7 Å². The van der Waals surface area contributed by atoms with Crippen molar-refractivity contribution in [2.24, 2.45) is 0 Å². The zero-order valence-electron chi connectivity index (χ0n) is 8.89. The monoisotopic (exact) mass is 184 g/mol. The average molecular weight is 184 g/mol. The molecule has 1 aliphatic rings. The highest BCUT2D eigenvalue weighted by atomic mass is 16.5. The molecule has 1 N–H and O–H groups in total. The molecule has 3 nitrogen and oxygen atoms in total. The lowest BCUT2D eigenvalue weighted by Gasteiger charge is -2.33. The van der Waals surface area contributed by atoms with Gasteiger partial charge in [0.05, 0.1) is 0 Å². The Hall–Kier alpha value is -0.570. The zero-order chi connectivity index (χ0) is 9.90. The predicted molar refractivity (Wildman–Crippen MR) is 54.2 cm³/mol. The van der Waals surface area contributed by atoms with Crippen molar-refractivity contribution in [2.75, 3.05) is 20.7 Å². The molecule has 0 aromatic rings. The third kappa shape index (κ3) is 2.02. The maximum Gasteiger partial charge on any atom is 0.128 e. The van der Waals surface area contributed by atoms with Gasteiger partial charge in [-0.2, -0.15) is 0 Å². The van der Waals surface area contributed by atoms with E-state index in [1.54, 1.807) is 0 Å². The van der Waals surface area contributed by atoms with Crippen molar-refractivity contribution in [3.63, 3.8) is 0 Å². The molecule has 1 fully saturated rings. The largest absolute Gasteiger partial charge is 0.367 e. The summed E-state index contributed by atoms with van der Waals surface area (Å²) in [6.07, 6.45) is 4.40. The summed E-state index contributed by atoms with van der Waals surface area (Å²) in [7, 11) is 3.84. The summed E-state index contributed by atoms with van der Waals surface area (Å²) in [4.78, 5) is 1.86. The van der Waals surface area contributed by atoms with Crippen LogP contribution in [-0.2, 0) is 4.74 Å². The molecule has 1 aliphatic carbocycles. The van der Waals surface area contributed by atoms with E-state index in [1.807, 2.05) is 25.9 Å². The van der Waals surface area contributed by atoms with Gasteiger partial charge in [0.2, 0.25) is 0 Å². The van der Waals surface area contributed by atoms with E-state index in [4.69, 9.17) is 10.1 Å². The summed E-state index contributed by atoms with van der Waals surface area (Å²) in [5.41, 5.74) is -0.266. The second kappa shape index (κ2) is 4.09. The van der Waals surface area contributed by atoms with Gasteiger partial charge in [-0.25, -0.2) is 0 Å². The number of amidine groups is 1. The van der Waals surface area contributed by atoms with E-state index in [0.717, 1.165) is 12.8 Å². The van der Waals surface area contributed by atoms with Crippen LogP contribution in [0.3, 0.4) is 0 Å². The average Bonchev–Trinajstić information content (AvgIpc) is 2.53. The van der Waals surface area contributed by atoms with Crippen LogP contribution in [0.1, 0.15) is 32.6 Å². The van der Waals surface area contributed by atoms with Crippen LogP contribution >= 0.6 is 0 Å². The van der Waals surface area contributed by atoms with Gasteiger partial charge in [-0.1, -0.05) is 0 Å². The first-order chi connectivity index (χ1) is 6.12. The van der Waals surface area contributed by atoms with Gasteiger partial charge in [0.1, 0.15) is 11.4 Å². The van der Waals surface area contributed by atoms with Crippen LogP contribution in [0.2, 0.25) is 0 Å². The lowest BCUT2D eigenvalue weighted by Crippen LogP contribution is -2.45. The van der Waals surface area contributed by atoms with Crippen molar-refractivity contribution in [3.05, 3.63) is 0 Å². The molecule has 0 bridgehead atoms. The maximum atomic E-state index is 7.99. The second-order valence-electron chi connectivity index (χ2n) is 3.88. The summed E-state index contributed by atoms with van der Waals surface area (Å²) < 4.78 is 5.75. The van der Waals surface area contributed by atoms with E-state index in [1.165, 1.54) is 12.8 Å². The first kappa shape index (κ1) is 10.5. The van der Waals surface area contributed by atoms with Crippen LogP contribution in [0.25, 0.3) is 0 Å². The predicted octanol–water partition coefficient (Wildman–Crippen LogP) is 1.87. The smallest absolute Gasteiger partial charge is 0.128 e. The summed E-state index contributed by atoms with van der Waals surface area (Å²) in [5.74, 6) is 0.631. The molecule has 76 valence electrons. The Morgan fingerprint density at radius 1 is 1.38 bits per heavy atom. The minimum Gasteiger partial charge on any atom is -0.367 e. The molecule has 0 radical (unpaired) electrons. The lowest BCUT2D eigenvalue weighted by atomic mass is 10.00. The van der Waals surface area contributed by atoms with Crippen LogP contribution in [0.4, 0.5) is 0 Å². The van der Waals surface area contributed by atoms with Crippen LogP contribution in [-0.4, -0.2) is 37.0 Å². The number of hydrogen-bond acceptors (Lipinski definition) is 2. The molecule has 0 aromatic carbocycles. The Bertz CT molecular complexity index is 183. The highest BCUT2D eigenvalue weighted by Gasteiger charge is 2.39. The Morgan fingerprint density at radius 2 is 1.92 bits per heavy atom. The first-order valence-corrected chi connectivity index (χ1v) is 5.03. The van der Waals surface area contributed by atoms with Crippen molar-refractivity contribution < 1.29 is 4.74 Å². The van der Waals surface area contributed by atoms with Crippen LogP contribution < -0.4 is 0 Å². The van der Waals surface area contributed by atoms with Crippen molar-refractivity contribution >= 4 is 5.84 Å². The number of nitrogens with one attached hydrogen (secondary N) is 1. The van der Waals surface area contributed by atoms with Crippen molar-refractivity contribution in [1.82, 2.24) is 4.90 Å². The summed E-state index contributed by atoms with van der Waals surface area (Å²) >= 11 is 0. The third-order valence-electron chi connectivity index (χ3n) is 2.71. The molecule has 1 rings (SSSR count). The minimum absolute atomic E-state index is 0.266. The maximum absolute atomic E-state index is 7.99. The molecule has 1 saturated carbocycles. The van der Waals surface area contributed by atoms with Gasteiger partial charge >= 0.3 is 0 Å². The highest BCUT2D eigenvalue weighted by Crippen LogP contribution is 2.34. The van der Waals surface area contributed by atoms with Gasteiger partial charge in [0.15, 0.2) is 0 Å². The van der Waals surface area contributed by atoms with E-state index in [-0.39, 0.29) is 5.60 Å². The minimum atomic E-state index is -0.266. The van der Waals surface area contributed by atoms with E-state index in [9.17, 15) is 0 Å². The third-order valence-corrected chi connectivity index (χ3v) is 2.71. The molecule has 0 atom stereocenters. The normalized spacial score (nSPS) is 20.2. The van der Waals surface area contributed by atoms with Crippen LogP contribution in [0.5, 0.6) is 0 Å². The van der Waals surface area contributed by atoms with Gasteiger partial charge in [-0.3, -0.25) is 5.41 Å². The first-order valence-electron chi connectivity index (χ1n) is 5.03. The summed E-state index contributed by atoms with van der Waals surface area (Å²) in [6, 6.07) is 0. The van der Waals surface area contributed by atoms with Crippen molar-refractivity contribution in [3.8, 4) is 0 Å². The second-order valence-corrected chi connectivity index (χ2v) is 3.88. The SMILES string of the molecule is CCOC1(C(=N)N(C)C)CCCC1. The fourth-order valence-corrected chi connectivity index (χ4v) is 2.08. The molecule has 3 heteroatoms. The van der Waals surface area contributed by atoms with Gasteiger partial charge < -0.3 is 9.64 Å². The van der Waals surface area contributed by atoms with Crippen LogP contribution in [0, 0.1) is 5.41 Å². The summed E-state index contributed by atoms with van der Waals surface area (Å²) in [6.45, 7) is 2.71. The fraction of sp³-hybridized carbons (Fsp3) is 0.900. The number of hydrogen-bond donors (Lipinski definition) is 1. The molecule has 0 amide bonds. The lowest BCUT2D eigenvalue weighted by molar-refractivity contribution is 0.0129. The molecule has 0 saturated heterocycles. The number of rotatable bonds is 3. The van der Waals surface area contributed by atoms with E-state index < -0.39 is 0 Å².